The minimum Gasteiger partial charge on any atom is -0.497 e. The van der Waals surface area contributed by atoms with Crippen molar-refractivity contribution in [2.75, 3.05) is 26.8 Å². The van der Waals surface area contributed by atoms with Gasteiger partial charge in [0.1, 0.15) is 11.5 Å². The standard InChI is InChI=1S/C27H37N3O4/c1-6-16-29(17-23(31)19-33-20(2)3)18-26-21(4)28-30(22-10-8-7-9-11-22)27(26)34-25-14-12-24(32-5)13-15-25/h7-15,20,23,31H,6,16-19H2,1-5H3. The summed E-state index contributed by atoms with van der Waals surface area (Å²) in [7, 11) is 1.64. The zero-order valence-electron chi connectivity index (χ0n) is 20.9. The Hall–Kier alpha value is -2.87. The molecule has 0 aliphatic heterocycles. The molecule has 0 fully saturated rings. The maximum atomic E-state index is 10.5. The Labute approximate surface area is 202 Å². The average molecular weight is 468 g/mol. The first-order valence-electron chi connectivity index (χ1n) is 11.9. The van der Waals surface area contributed by atoms with Crippen molar-refractivity contribution in [3.05, 3.63) is 65.9 Å². The van der Waals surface area contributed by atoms with E-state index in [-0.39, 0.29) is 6.10 Å². The summed E-state index contributed by atoms with van der Waals surface area (Å²) in [6.45, 7) is 10.4. The number of methoxy groups -OCH3 is 1. The lowest BCUT2D eigenvalue weighted by Gasteiger charge is -2.25. The fourth-order valence-electron chi connectivity index (χ4n) is 3.75. The summed E-state index contributed by atoms with van der Waals surface area (Å²) >= 11 is 0. The largest absolute Gasteiger partial charge is 0.497 e. The van der Waals surface area contributed by atoms with Crippen LogP contribution < -0.4 is 9.47 Å². The van der Waals surface area contributed by atoms with E-state index in [0.717, 1.165) is 35.7 Å². The van der Waals surface area contributed by atoms with Gasteiger partial charge in [0.2, 0.25) is 5.88 Å². The van der Waals surface area contributed by atoms with Crippen molar-refractivity contribution in [1.82, 2.24) is 14.7 Å². The van der Waals surface area contributed by atoms with Gasteiger partial charge in [-0.15, -0.1) is 0 Å². The zero-order chi connectivity index (χ0) is 24.5. The van der Waals surface area contributed by atoms with Gasteiger partial charge in [0.25, 0.3) is 0 Å². The number of benzene rings is 2. The van der Waals surface area contributed by atoms with Crippen molar-refractivity contribution in [3.8, 4) is 23.1 Å². The van der Waals surface area contributed by atoms with Gasteiger partial charge in [0.05, 0.1) is 42.9 Å². The quantitative estimate of drug-likeness (QED) is 0.382. The fourth-order valence-corrected chi connectivity index (χ4v) is 3.75. The molecule has 1 N–H and O–H groups in total. The van der Waals surface area contributed by atoms with Gasteiger partial charge in [-0.1, -0.05) is 25.1 Å². The van der Waals surface area contributed by atoms with Crippen molar-refractivity contribution < 1.29 is 19.3 Å². The number of hydrogen-bond acceptors (Lipinski definition) is 6. The Bertz CT molecular complexity index is 1000. The number of aromatic nitrogens is 2. The third-order valence-electron chi connectivity index (χ3n) is 5.42. The SMILES string of the molecule is CCCN(Cc1c(C)nn(-c2ccccc2)c1Oc1ccc(OC)cc1)CC(O)COC(C)C. The highest BCUT2D eigenvalue weighted by Crippen LogP contribution is 2.32. The second kappa shape index (κ2) is 12.6. The molecule has 0 aliphatic carbocycles. The van der Waals surface area contributed by atoms with Crippen molar-refractivity contribution in [2.45, 2.75) is 52.9 Å². The Morgan fingerprint density at radius 3 is 2.32 bits per heavy atom. The lowest BCUT2D eigenvalue weighted by molar-refractivity contribution is -0.00957. The van der Waals surface area contributed by atoms with Gasteiger partial charge in [-0.2, -0.15) is 5.10 Å². The maximum absolute atomic E-state index is 10.5. The molecule has 0 amide bonds. The molecule has 184 valence electrons. The van der Waals surface area contributed by atoms with Crippen LogP contribution in [0.3, 0.4) is 0 Å². The number of aliphatic hydroxyl groups is 1. The first kappa shape index (κ1) is 25.7. The lowest BCUT2D eigenvalue weighted by atomic mass is 10.2. The van der Waals surface area contributed by atoms with Crippen LogP contribution in [0.4, 0.5) is 0 Å². The molecular weight excluding hydrogens is 430 g/mol. The molecule has 7 nitrogen and oxygen atoms in total. The molecule has 0 saturated heterocycles. The van der Waals surface area contributed by atoms with E-state index in [1.165, 1.54) is 0 Å². The first-order chi connectivity index (χ1) is 16.4. The molecule has 1 unspecified atom stereocenters. The predicted octanol–water partition coefficient (Wildman–Crippen LogP) is 4.98. The molecule has 3 aromatic rings. The van der Waals surface area contributed by atoms with Gasteiger partial charge in [-0.25, -0.2) is 4.68 Å². The van der Waals surface area contributed by atoms with E-state index in [4.69, 9.17) is 19.3 Å². The summed E-state index contributed by atoms with van der Waals surface area (Å²) in [5.41, 5.74) is 2.80. The smallest absolute Gasteiger partial charge is 0.227 e. The summed E-state index contributed by atoms with van der Waals surface area (Å²) < 4.78 is 19.1. The van der Waals surface area contributed by atoms with E-state index in [0.29, 0.717) is 31.3 Å². The van der Waals surface area contributed by atoms with E-state index in [1.807, 2.05) is 80.1 Å². The van der Waals surface area contributed by atoms with Crippen molar-refractivity contribution in [1.29, 1.82) is 0 Å². The number of aryl methyl sites for hydroxylation is 1. The topological polar surface area (TPSA) is 69.0 Å². The summed E-state index contributed by atoms with van der Waals surface area (Å²) in [6.07, 6.45) is 0.493. The minimum atomic E-state index is -0.565. The Balaban J connectivity index is 1.91. The number of aliphatic hydroxyl groups excluding tert-OH is 1. The minimum absolute atomic E-state index is 0.0881. The average Bonchev–Trinajstić information content (AvgIpc) is 3.13. The van der Waals surface area contributed by atoms with Crippen molar-refractivity contribution in [2.24, 2.45) is 0 Å². The van der Waals surface area contributed by atoms with Gasteiger partial charge in [-0.05, 0) is 70.1 Å². The summed E-state index contributed by atoms with van der Waals surface area (Å²) in [4.78, 5) is 2.23. The fraction of sp³-hybridized carbons (Fsp3) is 0.444. The van der Waals surface area contributed by atoms with Crippen LogP contribution >= 0.6 is 0 Å². The van der Waals surface area contributed by atoms with Gasteiger partial charge >= 0.3 is 0 Å². The third-order valence-corrected chi connectivity index (χ3v) is 5.42. The molecule has 34 heavy (non-hydrogen) atoms. The molecule has 3 rings (SSSR count). The van der Waals surface area contributed by atoms with Gasteiger partial charge < -0.3 is 19.3 Å². The molecule has 0 bridgehead atoms. The lowest BCUT2D eigenvalue weighted by Crippen LogP contribution is -2.35. The number of ether oxygens (including phenoxy) is 3. The molecule has 2 aromatic carbocycles. The zero-order valence-corrected chi connectivity index (χ0v) is 20.9. The van der Waals surface area contributed by atoms with Crippen LogP contribution in [-0.2, 0) is 11.3 Å². The second-order valence-corrected chi connectivity index (χ2v) is 8.67. The van der Waals surface area contributed by atoms with Gasteiger partial charge in [-0.3, -0.25) is 4.90 Å². The highest BCUT2D eigenvalue weighted by molar-refractivity contribution is 5.44. The van der Waals surface area contributed by atoms with E-state index in [1.54, 1.807) is 7.11 Å². The van der Waals surface area contributed by atoms with Crippen LogP contribution in [0.2, 0.25) is 0 Å². The van der Waals surface area contributed by atoms with E-state index < -0.39 is 6.10 Å². The molecule has 0 aliphatic rings. The number of hydrogen-bond donors (Lipinski definition) is 1. The molecular formula is C27H37N3O4. The monoisotopic (exact) mass is 467 g/mol. The third kappa shape index (κ3) is 7.06. The predicted molar refractivity (Wildman–Crippen MR) is 134 cm³/mol. The highest BCUT2D eigenvalue weighted by atomic mass is 16.5. The molecule has 1 atom stereocenters. The van der Waals surface area contributed by atoms with Crippen LogP contribution in [0.5, 0.6) is 17.4 Å². The molecule has 0 spiro atoms. The number of rotatable bonds is 13. The summed E-state index contributed by atoms with van der Waals surface area (Å²) in [5, 5.41) is 15.4. The first-order valence-corrected chi connectivity index (χ1v) is 11.9. The Kier molecular flexibility index (Phi) is 9.51. The van der Waals surface area contributed by atoms with Crippen LogP contribution in [0, 0.1) is 6.92 Å². The number of nitrogens with zero attached hydrogens (tertiary/aromatic N) is 3. The van der Waals surface area contributed by atoms with Crippen LogP contribution in [0.1, 0.15) is 38.4 Å². The van der Waals surface area contributed by atoms with Crippen LogP contribution in [0.15, 0.2) is 54.6 Å². The van der Waals surface area contributed by atoms with Crippen molar-refractivity contribution >= 4 is 0 Å². The van der Waals surface area contributed by atoms with E-state index in [9.17, 15) is 5.11 Å². The molecule has 1 heterocycles. The second-order valence-electron chi connectivity index (χ2n) is 8.67. The number of para-hydroxylation sites is 1. The van der Waals surface area contributed by atoms with Gasteiger partial charge in [0, 0.05) is 13.1 Å². The summed E-state index contributed by atoms with van der Waals surface area (Å²) in [6, 6.07) is 17.5. The maximum Gasteiger partial charge on any atom is 0.227 e. The molecule has 7 heteroatoms. The Morgan fingerprint density at radius 2 is 1.71 bits per heavy atom. The summed E-state index contributed by atoms with van der Waals surface area (Å²) in [5.74, 6) is 2.14. The molecule has 1 aromatic heterocycles. The normalized spacial score (nSPS) is 12.4. The van der Waals surface area contributed by atoms with Crippen molar-refractivity contribution in [3.63, 3.8) is 0 Å². The van der Waals surface area contributed by atoms with E-state index >= 15 is 0 Å². The van der Waals surface area contributed by atoms with Crippen LogP contribution in [-0.4, -0.2) is 58.8 Å². The molecule has 0 radical (unpaired) electrons. The van der Waals surface area contributed by atoms with Crippen LogP contribution in [0.25, 0.3) is 5.69 Å². The highest BCUT2D eigenvalue weighted by Gasteiger charge is 2.22. The van der Waals surface area contributed by atoms with Gasteiger partial charge in [0.15, 0.2) is 0 Å². The molecule has 0 saturated carbocycles. The Morgan fingerprint density at radius 1 is 1.03 bits per heavy atom. The van der Waals surface area contributed by atoms with E-state index in [2.05, 4.69) is 11.8 Å².